The average molecular weight is 384 g/mol. The van der Waals surface area contributed by atoms with Crippen molar-refractivity contribution in [1.29, 1.82) is 0 Å². The lowest BCUT2D eigenvalue weighted by molar-refractivity contribution is 0.102. The first-order valence-corrected chi connectivity index (χ1v) is 9.74. The van der Waals surface area contributed by atoms with Crippen LogP contribution in [0.25, 0.3) is 0 Å². The highest BCUT2D eigenvalue weighted by Crippen LogP contribution is 2.31. The summed E-state index contributed by atoms with van der Waals surface area (Å²) in [6, 6.07) is 10.9. The summed E-state index contributed by atoms with van der Waals surface area (Å²) in [5, 5.41) is 2.94. The molecule has 1 aliphatic heterocycles. The van der Waals surface area contributed by atoms with Gasteiger partial charge in [0.2, 0.25) is 0 Å². The van der Waals surface area contributed by atoms with Crippen LogP contribution in [0.4, 0.5) is 5.69 Å². The number of benzene rings is 2. The van der Waals surface area contributed by atoms with Crippen molar-refractivity contribution in [3.05, 3.63) is 47.5 Å². The van der Waals surface area contributed by atoms with Crippen LogP contribution < -0.4 is 19.5 Å². The van der Waals surface area contributed by atoms with Crippen LogP contribution in [0.1, 0.15) is 29.8 Å². The number of nitrogens with zero attached hydrogens (tertiary/aromatic N) is 1. The third-order valence-corrected chi connectivity index (χ3v) is 4.93. The Morgan fingerprint density at radius 3 is 2.71 bits per heavy atom. The molecule has 0 saturated heterocycles. The minimum atomic E-state index is -0.158. The van der Waals surface area contributed by atoms with Crippen molar-refractivity contribution >= 4 is 11.6 Å². The van der Waals surface area contributed by atoms with Gasteiger partial charge in [-0.15, -0.1) is 0 Å². The number of amides is 1. The molecule has 150 valence electrons. The second-order valence-electron chi connectivity index (χ2n) is 6.62. The maximum Gasteiger partial charge on any atom is 0.255 e. The Labute approximate surface area is 166 Å². The van der Waals surface area contributed by atoms with E-state index >= 15 is 0 Å². The molecule has 2 aromatic carbocycles. The van der Waals surface area contributed by atoms with Gasteiger partial charge in [0.25, 0.3) is 5.91 Å². The number of hydrogen-bond donors (Lipinski definition) is 1. The first-order chi connectivity index (χ1) is 13.6. The molecular formula is C22H28N2O4. The lowest BCUT2D eigenvalue weighted by atomic mass is 10.1. The van der Waals surface area contributed by atoms with Gasteiger partial charge in [0, 0.05) is 30.3 Å². The molecule has 0 unspecified atom stereocenters. The van der Waals surface area contributed by atoms with Gasteiger partial charge >= 0.3 is 0 Å². The average Bonchev–Trinajstić information content (AvgIpc) is 3.19. The highest BCUT2D eigenvalue weighted by Gasteiger charge is 2.16. The molecule has 1 heterocycles. The molecule has 1 aliphatic rings. The standard InChI is InChI=1S/C22H28N2O4/c1-4-24(5-2)11-13-28-21-15-18(7-9-20(21)26-3)23-22(25)17-6-8-19-16(14-17)10-12-27-19/h6-9,14-15H,4-5,10-13H2,1-3H3,(H,23,25). The molecule has 0 spiro atoms. The zero-order valence-corrected chi connectivity index (χ0v) is 16.8. The van der Waals surface area contributed by atoms with E-state index in [4.69, 9.17) is 14.2 Å². The molecular weight excluding hydrogens is 356 g/mol. The van der Waals surface area contributed by atoms with Crippen molar-refractivity contribution in [3.63, 3.8) is 0 Å². The Kier molecular flexibility index (Phi) is 6.76. The minimum absolute atomic E-state index is 0.158. The van der Waals surface area contributed by atoms with Crippen molar-refractivity contribution in [1.82, 2.24) is 4.90 Å². The second kappa shape index (κ2) is 9.46. The van der Waals surface area contributed by atoms with Gasteiger partial charge in [-0.2, -0.15) is 0 Å². The van der Waals surface area contributed by atoms with Crippen LogP contribution in [0, 0.1) is 0 Å². The van der Waals surface area contributed by atoms with Crippen LogP contribution in [0.15, 0.2) is 36.4 Å². The molecule has 28 heavy (non-hydrogen) atoms. The van der Waals surface area contributed by atoms with Crippen LogP contribution >= 0.6 is 0 Å². The van der Waals surface area contributed by atoms with E-state index in [2.05, 4.69) is 24.1 Å². The van der Waals surface area contributed by atoms with Crippen molar-refractivity contribution in [2.24, 2.45) is 0 Å². The summed E-state index contributed by atoms with van der Waals surface area (Å²) in [6.45, 7) is 8.30. The van der Waals surface area contributed by atoms with Crippen molar-refractivity contribution in [2.45, 2.75) is 20.3 Å². The Morgan fingerprint density at radius 1 is 1.14 bits per heavy atom. The highest BCUT2D eigenvalue weighted by atomic mass is 16.5. The number of carbonyl (C=O) groups excluding carboxylic acids is 1. The predicted octanol–water partition coefficient (Wildman–Crippen LogP) is 3.60. The van der Waals surface area contributed by atoms with Crippen LogP contribution in [-0.4, -0.2) is 50.8 Å². The second-order valence-corrected chi connectivity index (χ2v) is 6.62. The first-order valence-electron chi connectivity index (χ1n) is 9.74. The molecule has 6 nitrogen and oxygen atoms in total. The number of likely N-dealkylation sites (N-methyl/N-ethyl adjacent to an activating group) is 1. The lowest BCUT2D eigenvalue weighted by Crippen LogP contribution is -2.28. The van der Waals surface area contributed by atoms with Gasteiger partial charge in [0.15, 0.2) is 11.5 Å². The molecule has 3 rings (SSSR count). The maximum atomic E-state index is 12.6. The van der Waals surface area contributed by atoms with Gasteiger partial charge < -0.3 is 24.4 Å². The topological polar surface area (TPSA) is 60.0 Å². The number of nitrogens with one attached hydrogen (secondary N) is 1. The lowest BCUT2D eigenvalue weighted by Gasteiger charge is -2.19. The predicted molar refractivity (Wildman–Crippen MR) is 110 cm³/mol. The summed E-state index contributed by atoms with van der Waals surface area (Å²) in [4.78, 5) is 14.9. The van der Waals surface area contributed by atoms with Crippen LogP contribution in [0.5, 0.6) is 17.2 Å². The summed E-state index contributed by atoms with van der Waals surface area (Å²) >= 11 is 0. The molecule has 0 saturated carbocycles. The molecule has 1 amide bonds. The van der Waals surface area contributed by atoms with Gasteiger partial charge in [-0.1, -0.05) is 13.8 Å². The number of fused-ring (bicyclic) bond motifs is 1. The smallest absolute Gasteiger partial charge is 0.255 e. The summed E-state index contributed by atoms with van der Waals surface area (Å²) < 4.78 is 16.8. The van der Waals surface area contributed by atoms with Crippen LogP contribution in [0.3, 0.4) is 0 Å². The number of carbonyl (C=O) groups is 1. The number of hydrogen-bond acceptors (Lipinski definition) is 5. The summed E-state index contributed by atoms with van der Waals surface area (Å²) in [5.74, 6) is 1.97. The fourth-order valence-corrected chi connectivity index (χ4v) is 3.22. The molecule has 6 heteroatoms. The third-order valence-electron chi connectivity index (χ3n) is 4.93. The van der Waals surface area contributed by atoms with E-state index < -0.39 is 0 Å². The van der Waals surface area contributed by atoms with Crippen LogP contribution in [0.2, 0.25) is 0 Å². The fraction of sp³-hybridized carbons (Fsp3) is 0.409. The largest absolute Gasteiger partial charge is 0.493 e. The monoisotopic (exact) mass is 384 g/mol. The molecule has 0 aliphatic carbocycles. The number of ether oxygens (including phenoxy) is 3. The molecule has 0 atom stereocenters. The van der Waals surface area contributed by atoms with E-state index in [1.807, 2.05) is 18.2 Å². The molecule has 0 radical (unpaired) electrons. The Balaban J connectivity index is 1.67. The van der Waals surface area contributed by atoms with Crippen LogP contribution in [-0.2, 0) is 6.42 Å². The van der Waals surface area contributed by atoms with E-state index in [0.29, 0.717) is 36.0 Å². The van der Waals surface area contributed by atoms with E-state index in [1.165, 1.54) is 0 Å². The Morgan fingerprint density at radius 2 is 1.96 bits per heavy atom. The summed E-state index contributed by atoms with van der Waals surface area (Å²) in [5.41, 5.74) is 2.35. The fourth-order valence-electron chi connectivity index (χ4n) is 3.22. The number of rotatable bonds is 9. The van der Waals surface area contributed by atoms with Gasteiger partial charge in [0.05, 0.1) is 13.7 Å². The van der Waals surface area contributed by atoms with E-state index in [9.17, 15) is 4.79 Å². The van der Waals surface area contributed by atoms with Crippen molar-refractivity contribution in [3.8, 4) is 17.2 Å². The van der Waals surface area contributed by atoms with Crippen molar-refractivity contribution in [2.75, 3.05) is 45.3 Å². The SMILES string of the molecule is CCN(CC)CCOc1cc(NC(=O)c2ccc3c(c2)CCO3)ccc1OC. The zero-order valence-electron chi connectivity index (χ0n) is 16.8. The first kappa shape index (κ1) is 20.0. The van der Waals surface area contributed by atoms with E-state index in [-0.39, 0.29) is 5.91 Å². The van der Waals surface area contributed by atoms with Gasteiger partial charge in [-0.25, -0.2) is 0 Å². The zero-order chi connectivity index (χ0) is 19.9. The normalized spacial score (nSPS) is 12.4. The maximum absolute atomic E-state index is 12.6. The molecule has 2 aromatic rings. The van der Waals surface area contributed by atoms with Gasteiger partial charge in [-0.05, 0) is 49.0 Å². The molecule has 0 aromatic heterocycles. The minimum Gasteiger partial charge on any atom is -0.493 e. The Bertz CT molecular complexity index is 818. The number of methoxy groups -OCH3 is 1. The van der Waals surface area contributed by atoms with Gasteiger partial charge in [0.1, 0.15) is 12.4 Å². The van der Waals surface area contributed by atoms with E-state index in [0.717, 1.165) is 37.4 Å². The highest BCUT2D eigenvalue weighted by molar-refractivity contribution is 6.04. The van der Waals surface area contributed by atoms with Crippen molar-refractivity contribution < 1.29 is 19.0 Å². The summed E-state index contributed by atoms with van der Waals surface area (Å²) in [6.07, 6.45) is 0.837. The molecule has 0 bridgehead atoms. The quantitative estimate of drug-likeness (QED) is 0.716. The third kappa shape index (κ3) is 4.75. The van der Waals surface area contributed by atoms with E-state index in [1.54, 1.807) is 25.3 Å². The molecule has 0 fully saturated rings. The Hall–Kier alpha value is -2.73. The van der Waals surface area contributed by atoms with Gasteiger partial charge in [-0.3, -0.25) is 4.79 Å². The summed E-state index contributed by atoms with van der Waals surface area (Å²) in [7, 11) is 1.61. The molecule has 1 N–H and O–H groups in total. The number of anilines is 1.